The summed E-state index contributed by atoms with van der Waals surface area (Å²) in [6.07, 6.45) is 0.629. The van der Waals surface area contributed by atoms with Crippen LogP contribution < -0.4 is 28.7 Å². The van der Waals surface area contributed by atoms with Gasteiger partial charge in [-0.2, -0.15) is 0 Å². The third-order valence-electron chi connectivity index (χ3n) is 11.2. The van der Waals surface area contributed by atoms with Crippen LogP contribution in [0.15, 0.2) is 163 Å². The number of carbonyl (C=O) groups is 2. The van der Waals surface area contributed by atoms with Crippen molar-refractivity contribution in [2.45, 2.75) is 6.92 Å². The molecule has 0 saturated carbocycles. The standard InChI is InChI=1S/C54H44N2O7S2/c1-6-63-54(58)48(33-57)51-46-31-49(34-7-11-36(12-8-34)55(38-15-23-42(59-2)24-16-38)39-17-25-43(60-3)26-18-39)64-52(46)53-47(51)32-50(65-53)35-9-13-37(14-10-35)56(40-19-27-44(61-4)28-20-40)41-21-29-45(62-5)30-22-41/h7-33H,6H2,1-5H3. The van der Waals surface area contributed by atoms with Crippen LogP contribution in [0, 0.1) is 0 Å². The number of thiophene rings is 2. The van der Waals surface area contributed by atoms with Crippen LogP contribution in [0.25, 0.3) is 36.2 Å². The third kappa shape index (κ3) is 8.35. The second-order valence-corrected chi connectivity index (χ2v) is 17.0. The van der Waals surface area contributed by atoms with Gasteiger partial charge in [0.1, 0.15) is 28.6 Å². The Bertz CT molecular complexity index is 2710. The molecular formula is C54H44N2O7S2. The molecule has 324 valence electrons. The van der Waals surface area contributed by atoms with Gasteiger partial charge in [0, 0.05) is 60.6 Å². The number of fused-ring (bicyclic) bond motifs is 3. The maximum Gasteiger partial charge on any atom is 0.342 e. The Morgan fingerprint density at radius 1 is 0.477 bits per heavy atom. The topological polar surface area (TPSA) is 86.8 Å². The summed E-state index contributed by atoms with van der Waals surface area (Å²) in [4.78, 5) is 34.6. The molecule has 0 aliphatic heterocycles. The lowest BCUT2D eigenvalue weighted by atomic mass is 9.99. The van der Waals surface area contributed by atoms with E-state index in [1.165, 1.54) is 0 Å². The molecule has 0 bridgehead atoms. The quantitative estimate of drug-likeness (QED) is 0.0328. The molecule has 0 amide bonds. The predicted molar refractivity (Wildman–Crippen MR) is 263 cm³/mol. The first-order chi connectivity index (χ1) is 31.8. The van der Waals surface area contributed by atoms with Crippen molar-refractivity contribution in [1.82, 2.24) is 0 Å². The summed E-state index contributed by atoms with van der Waals surface area (Å²) in [5, 5.41) is 0. The van der Waals surface area contributed by atoms with Gasteiger partial charge in [0.15, 0.2) is 6.29 Å². The summed E-state index contributed by atoms with van der Waals surface area (Å²) in [6, 6.07) is 52.8. The molecule has 9 nitrogen and oxygen atoms in total. The normalized spacial score (nSPS) is 11.3. The molecule has 1 aliphatic carbocycles. The van der Waals surface area contributed by atoms with Gasteiger partial charge in [-0.25, -0.2) is 4.79 Å². The van der Waals surface area contributed by atoms with E-state index in [9.17, 15) is 9.59 Å². The van der Waals surface area contributed by atoms with E-state index < -0.39 is 5.97 Å². The molecule has 0 fully saturated rings. The van der Waals surface area contributed by atoms with E-state index in [-0.39, 0.29) is 12.2 Å². The van der Waals surface area contributed by atoms with E-state index >= 15 is 0 Å². The van der Waals surface area contributed by atoms with E-state index in [2.05, 4.69) is 70.5 Å². The van der Waals surface area contributed by atoms with Crippen LogP contribution in [0.3, 0.4) is 0 Å². The van der Waals surface area contributed by atoms with Gasteiger partial charge in [0.2, 0.25) is 0 Å². The molecule has 0 spiro atoms. The van der Waals surface area contributed by atoms with E-state index in [4.69, 9.17) is 23.7 Å². The first-order valence-electron chi connectivity index (χ1n) is 20.9. The molecule has 0 saturated heterocycles. The zero-order chi connectivity index (χ0) is 45.0. The molecule has 0 atom stereocenters. The average molecular weight is 897 g/mol. The first kappa shape index (κ1) is 42.7. The fourth-order valence-electron chi connectivity index (χ4n) is 8.00. The molecule has 9 rings (SSSR count). The fraction of sp³-hybridized carbons (Fsp3) is 0.111. The minimum absolute atomic E-state index is 0.00972. The molecule has 0 N–H and O–H groups in total. The van der Waals surface area contributed by atoms with Crippen molar-refractivity contribution < 1.29 is 33.3 Å². The molecule has 11 heteroatoms. The largest absolute Gasteiger partial charge is 0.497 e. The number of anilines is 6. The highest BCUT2D eigenvalue weighted by molar-refractivity contribution is 7.26. The van der Waals surface area contributed by atoms with Crippen molar-refractivity contribution >= 4 is 74.6 Å². The lowest BCUT2D eigenvalue weighted by Gasteiger charge is -2.26. The van der Waals surface area contributed by atoms with Gasteiger partial charge in [-0.1, -0.05) is 24.3 Å². The van der Waals surface area contributed by atoms with Crippen molar-refractivity contribution in [3.63, 3.8) is 0 Å². The summed E-state index contributed by atoms with van der Waals surface area (Å²) in [6.45, 7) is 1.89. The van der Waals surface area contributed by atoms with Gasteiger partial charge < -0.3 is 33.5 Å². The predicted octanol–water partition coefficient (Wildman–Crippen LogP) is 13.7. The lowest BCUT2D eigenvalue weighted by Crippen LogP contribution is -2.10. The van der Waals surface area contributed by atoms with E-state index in [0.717, 1.165) is 98.9 Å². The zero-order valence-corrected chi connectivity index (χ0v) is 38.0. The zero-order valence-electron chi connectivity index (χ0n) is 36.4. The molecule has 1 aliphatic rings. The minimum Gasteiger partial charge on any atom is -0.497 e. The minimum atomic E-state index is -0.639. The monoisotopic (exact) mass is 896 g/mol. The van der Waals surface area contributed by atoms with E-state index in [1.807, 2.05) is 97.1 Å². The Hall–Kier alpha value is -7.60. The fourth-order valence-corrected chi connectivity index (χ4v) is 10.5. The average Bonchev–Trinajstić information content (AvgIpc) is 4.06. The van der Waals surface area contributed by atoms with Crippen molar-refractivity contribution in [3.05, 3.63) is 174 Å². The molecule has 0 unspecified atom stereocenters. The number of methoxy groups -OCH3 is 4. The Labute approximate surface area is 385 Å². The maximum atomic E-state index is 13.4. The van der Waals surface area contributed by atoms with E-state index in [1.54, 1.807) is 58.0 Å². The van der Waals surface area contributed by atoms with Crippen molar-refractivity contribution in [2.24, 2.45) is 0 Å². The van der Waals surface area contributed by atoms with Crippen molar-refractivity contribution in [3.8, 4) is 53.6 Å². The number of aldehydes is 1. The smallest absolute Gasteiger partial charge is 0.342 e. The van der Waals surface area contributed by atoms with E-state index in [0.29, 0.717) is 11.9 Å². The number of nitrogens with zero attached hydrogens (tertiary/aromatic N) is 2. The van der Waals surface area contributed by atoms with Crippen LogP contribution in [0.5, 0.6) is 23.0 Å². The molecular weight excluding hydrogens is 853 g/mol. The number of benzene rings is 6. The summed E-state index contributed by atoms with van der Waals surface area (Å²) in [5.41, 5.74) is 10.1. The van der Waals surface area contributed by atoms with Crippen molar-refractivity contribution in [2.75, 3.05) is 44.8 Å². The highest BCUT2D eigenvalue weighted by Crippen LogP contribution is 2.56. The summed E-state index contributed by atoms with van der Waals surface area (Å²) < 4.78 is 27.2. The summed E-state index contributed by atoms with van der Waals surface area (Å²) >= 11 is 3.29. The Morgan fingerprint density at radius 2 is 0.769 bits per heavy atom. The van der Waals surface area contributed by atoms with Gasteiger partial charge in [-0.15, -0.1) is 22.7 Å². The second-order valence-electron chi connectivity index (χ2n) is 14.9. The van der Waals surface area contributed by atoms with Gasteiger partial charge in [0.25, 0.3) is 0 Å². The third-order valence-corrected chi connectivity index (χ3v) is 13.8. The van der Waals surface area contributed by atoms with Crippen LogP contribution in [0.4, 0.5) is 34.1 Å². The highest BCUT2D eigenvalue weighted by atomic mass is 32.1. The molecule has 6 aromatic carbocycles. The Kier molecular flexibility index (Phi) is 12.2. The highest BCUT2D eigenvalue weighted by Gasteiger charge is 2.34. The summed E-state index contributed by atoms with van der Waals surface area (Å²) in [5.74, 6) is 2.46. The van der Waals surface area contributed by atoms with Crippen LogP contribution in [0.2, 0.25) is 0 Å². The van der Waals surface area contributed by atoms with Crippen LogP contribution in [-0.2, 0) is 14.3 Å². The van der Waals surface area contributed by atoms with Crippen molar-refractivity contribution in [1.29, 1.82) is 0 Å². The number of hydrogen-bond donors (Lipinski definition) is 0. The molecule has 8 aromatic rings. The molecule has 65 heavy (non-hydrogen) atoms. The van der Waals surface area contributed by atoms with Crippen LogP contribution in [0.1, 0.15) is 18.1 Å². The maximum absolute atomic E-state index is 13.4. The molecule has 0 radical (unpaired) electrons. The van der Waals surface area contributed by atoms with Gasteiger partial charge in [-0.3, -0.25) is 4.79 Å². The van der Waals surface area contributed by atoms with Crippen LogP contribution in [-0.4, -0.2) is 47.3 Å². The van der Waals surface area contributed by atoms with Gasteiger partial charge in [0.05, 0.1) is 44.8 Å². The lowest BCUT2D eigenvalue weighted by molar-refractivity contribution is -0.139. The number of esters is 1. The SMILES string of the molecule is CCOC(=O)C(C=O)=C1c2cc(-c3ccc(N(c4ccc(OC)cc4)c4ccc(OC)cc4)cc3)sc2-c2sc(-c3ccc(N(c4ccc(OC)cc4)c4ccc(OC)cc4)cc3)cc21. The van der Waals surface area contributed by atoms with Gasteiger partial charge >= 0.3 is 5.97 Å². The molecule has 2 heterocycles. The van der Waals surface area contributed by atoms with Gasteiger partial charge in [-0.05, 0) is 152 Å². The molecule has 2 aromatic heterocycles. The van der Waals surface area contributed by atoms with Crippen LogP contribution >= 0.6 is 22.7 Å². The number of carbonyl (C=O) groups excluding carboxylic acids is 2. The summed E-state index contributed by atoms with van der Waals surface area (Å²) in [7, 11) is 6.63. The Balaban J connectivity index is 1.08. The number of ether oxygens (including phenoxy) is 5. The first-order valence-corrected chi connectivity index (χ1v) is 22.5. The number of hydrogen-bond acceptors (Lipinski definition) is 11. The number of rotatable bonds is 15. The second kappa shape index (κ2) is 18.6. The Morgan fingerprint density at radius 3 is 1.03 bits per heavy atom.